The molecule has 7 nitrogen and oxygen atoms in total. The Morgan fingerprint density at radius 3 is 2.96 bits per heavy atom. The first kappa shape index (κ1) is 15.3. The van der Waals surface area contributed by atoms with Crippen LogP contribution in [0.15, 0.2) is 45.0 Å². The quantitative estimate of drug-likeness (QED) is 0.660. The summed E-state index contributed by atoms with van der Waals surface area (Å²) in [6, 6.07) is 9.46. The zero-order chi connectivity index (χ0) is 16.4. The maximum Gasteiger partial charge on any atom is 0.305 e. The van der Waals surface area contributed by atoms with Crippen LogP contribution in [0, 0.1) is 0 Å². The predicted octanol–water partition coefficient (Wildman–Crippen LogP) is 2.22. The number of hydrogen-bond donors (Lipinski definition) is 2. The molecule has 1 saturated heterocycles. The third-order valence-corrected chi connectivity index (χ3v) is 4.28. The Morgan fingerprint density at radius 2 is 2.22 bits per heavy atom. The second-order valence-electron chi connectivity index (χ2n) is 4.93. The summed E-state index contributed by atoms with van der Waals surface area (Å²) in [5.41, 5.74) is 1.32. The largest absolute Gasteiger partial charge is 0.481 e. The fraction of sp³-hybridized carbons (Fsp3) is 0.200. The lowest BCUT2D eigenvalue weighted by molar-refractivity contribution is -0.138. The smallest absolute Gasteiger partial charge is 0.305 e. The van der Waals surface area contributed by atoms with Gasteiger partial charge < -0.3 is 14.8 Å². The molecule has 0 radical (unpaired) electrons. The van der Waals surface area contributed by atoms with E-state index in [1.165, 1.54) is 0 Å². The Bertz CT molecular complexity index is 807. The van der Waals surface area contributed by atoms with Crippen molar-refractivity contribution in [2.24, 2.45) is 10.2 Å². The van der Waals surface area contributed by atoms with Crippen LogP contribution in [0.1, 0.15) is 19.1 Å². The van der Waals surface area contributed by atoms with E-state index in [9.17, 15) is 9.59 Å². The maximum absolute atomic E-state index is 11.6. The summed E-state index contributed by atoms with van der Waals surface area (Å²) in [4.78, 5) is 22.3. The number of fused-ring (bicyclic) bond motifs is 1. The second-order valence-corrected chi connectivity index (χ2v) is 6.12. The number of aliphatic carboxylic acids is 1. The summed E-state index contributed by atoms with van der Waals surface area (Å²) in [6.07, 6.45) is -0.248. The van der Waals surface area contributed by atoms with Crippen molar-refractivity contribution >= 4 is 45.5 Å². The highest BCUT2D eigenvalue weighted by Crippen LogP contribution is 2.23. The van der Waals surface area contributed by atoms with Crippen LogP contribution < -0.4 is 5.32 Å². The number of carbonyl (C=O) groups excluding carboxylic acids is 1. The molecule has 23 heavy (non-hydrogen) atoms. The van der Waals surface area contributed by atoms with Gasteiger partial charge in [-0.1, -0.05) is 30.0 Å². The molecule has 2 N–H and O–H groups in total. The van der Waals surface area contributed by atoms with E-state index < -0.39 is 11.2 Å². The van der Waals surface area contributed by atoms with E-state index in [-0.39, 0.29) is 17.5 Å². The Hall–Kier alpha value is -2.61. The summed E-state index contributed by atoms with van der Waals surface area (Å²) in [7, 11) is 0. The number of nitrogens with zero attached hydrogens (tertiary/aromatic N) is 2. The summed E-state index contributed by atoms with van der Waals surface area (Å²) in [6.45, 7) is 1.75. The molecule has 0 spiro atoms. The molecule has 0 bridgehead atoms. The summed E-state index contributed by atoms with van der Waals surface area (Å²) < 4.78 is 5.67. The lowest BCUT2D eigenvalue weighted by Gasteiger charge is -1.98. The lowest BCUT2D eigenvalue weighted by Crippen LogP contribution is -2.26. The fourth-order valence-corrected chi connectivity index (χ4v) is 2.98. The van der Waals surface area contributed by atoms with Crippen molar-refractivity contribution in [1.29, 1.82) is 0 Å². The van der Waals surface area contributed by atoms with E-state index in [4.69, 9.17) is 9.52 Å². The Balaban J connectivity index is 1.76. The van der Waals surface area contributed by atoms with E-state index in [0.717, 1.165) is 22.7 Å². The number of amidine groups is 1. The van der Waals surface area contributed by atoms with E-state index >= 15 is 0 Å². The molecule has 0 aliphatic carbocycles. The standard InChI is InChI=1S/C15H13N3O4S/c1-8(11-6-9-4-2-3-5-10(9)22-11)17-18-15-16-14(21)12(23-15)7-13(19)20/h2-6,12H,7H2,1H3,(H,19,20)(H,16,18,21)/b17-8+/t12-/m1/s1. The van der Waals surface area contributed by atoms with E-state index in [0.29, 0.717) is 11.5 Å². The number of carboxylic acid groups (broad SMARTS) is 1. The van der Waals surface area contributed by atoms with Crippen LogP contribution in [0.25, 0.3) is 11.0 Å². The van der Waals surface area contributed by atoms with Crippen LogP contribution >= 0.6 is 11.8 Å². The van der Waals surface area contributed by atoms with E-state index in [1.54, 1.807) is 6.92 Å². The van der Waals surface area contributed by atoms with Gasteiger partial charge in [0.15, 0.2) is 10.9 Å². The first-order valence-corrected chi connectivity index (χ1v) is 7.71. The molecule has 118 valence electrons. The molecule has 1 aromatic heterocycles. The molecule has 0 unspecified atom stereocenters. The van der Waals surface area contributed by atoms with Crippen molar-refractivity contribution in [3.63, 3.8) is 0 Å². The number of rotatable bonds is 4. The van der Waals surface area contributed by atoms with Gasteiger partial charge >= 0.3 is 5.97 Å². The SMILES string of the molecule is C/C(=N\N=C1\NC(=O)[C@@H](CC(=O)O)S1)c1cc2ccccc2o1. The van der Waals surface area contributed by atoms with Crippen LogP contribution in [0.5, 0.6) is 0 Å². The van der Waals surface area contributed by atoms with Crippen molar-refractivity contribution in [1.82, 2.24) is 5.32 Å². The van der Waals surface area contributed by atoms with E-state index in [2.05, 4.69) is 15.5 Å². The molecule has 1 aromatic carbocycles. The normalized spacial score (nSPS) is 20.2. The molecular formula is C15H13N3O4S. The van der Waals surface area contributed by atoms with Gasteiger partial charge in [0.05, 0.1) is 6.42 Å². The second kappa shape index (κ2) is 6.25. The van der Waals surface area contributed by atoms with Crippen LogP contribution in [-0.4, -0.2) is 33.1 Å². The van der Waals surface area contributed by atoms with Gasteiger partial charge in [0, 0.05) is 5.39 Å². The molecule has 1 atom stereocenters. The minimum atomic E-state index is -1.03. The predicted molar refractivity (Wildman–Crippen MR) is 87.6 cm³/mol. The van der Waals surface area contributed by atoms with Gasteiger partial charge in [-0.3, -0.25) is 9.59 Å². The molecule has 1 aliphatic rings. The highest BCUT2D eigenvalue weighted by Gasteiger charge is 2.32. The zero-order valence-electron chi connectivity index (χ0n) is 12.1. The molecule has 1 fully saturated rings. The van der Waals surface area contributed by atoms with Gasteiger partial charge in [0.25, 0.3) is 0 Å². The van der Waals surface area contributed by atoms with Crippen LogP contribution in [0.2, 0.25) is 0 Å². The minimum Gasteiger partial charge on any atom is -0.481 e. The number of nitrogens with one attached hydrogen (secondary N) is 1. The number of thioether (sulfide) groups is 1. The number of carboxylic acids is 1. The Kier molecular flexibility index (Phi) is 4.16. The fourth-order valence-electron chi connectivity index (χ4n) is 2.08. The zero-order valence-corrected chi connectivity index (χ0v) is 13.0. The monoisotopic (exact) mass is 331 g/mol. The number of benzene rings is 1. The van der Waals surface area contributed by atoms with Crippen molar-refractivity contribution in [3.8, 4) is 0 Å². The Morgan fingerprint density at radius 1 is 1.43 bits per heavy atom. The highest BCUT2D eigenvalue weighted by molar-refractivity contribution is 8.15. The molecule has 8 heteroatoms. The number of carbonyl (C=O) groups is 2. The van der Waals surface area contributed by atoms with Crippen molar-refractivity contribution < 1.29 is 19.1 Å². The van der Waals surface area contributed by atoms with Crippen molar-refractivity contribution in [3.05, 3.63) is 36.1 Å². The molecule has 1 amide bonds. The van der Waals surface area contributed by atoms with Gasteiger partial charge in [-0.2, -0.15) is 0 Å². The number of amides is 1. The maximum atomic E-state index is 11.6. The molecule has 3 rings (SSSR count). The number of hydrogen-bond acceptors (Lipinski definition) is 6. The average molecular weight is 331 g/mol. The molecule has 2 heterocycles. The third-order valence-electron chi connectivity index (χ3n) is 3.21. The van der Waals surface area contributed by atoms with Gasteiger partial charge in [-0.15, -0.1) is 10.2 Å². The topological polar surface area (TPSA) is 104 Å². The van der Waals surface area contributed by atoms with Gasteiger partial charge in [0.1, 0.15) is 16.5 Å². The average Bonchev–Trinajstić information content (AvgIpc) is 3.08. The summed E-state index contributed by atoms with van der Waals surface area (Å²) in [5, 5.41) is 19.8. The van der Waals surface area contributed by atoms with Gasteiger partial charge in [-0.25, -0.2) is 0 Å². The minimum absolute atomic E-state index is 0.248. The third kappa shape index (κ3) is 3.42. The lowest BCUT2D eigenvalue weighted by atomic mass is 10.2. The van der Waals surface area contributed by atoms with Crippen LogP contribution in [0.3, 0.4) is 0 Å². The van der Waals surface area contributed by atoms with Gasteiger partial charge in [-0.05, 0) is 19.1 Å². The number of furan rings is 1. The van der Waals surface area contributed by atoms with Crippen molar-refractivity contribution in [2.75, 3.05) is 0 Å². The van der Waals surface area contributed by atoms with E-state index in [1.807, 2.05) is 30.3 Å². The number of para-hydroxylation sites is 1. The van der Waals surface area contributed by atoms with Crippen LogP contribution in [-0.2, 0) is 9.59 Å². The molecule has 2 aromatic rings. The highest BCUT2D eigenvalue weighted by atomic mass is 32.2. The molecule has 0 saturated carbocycles. The first-order valence-electron chi connectivity index (χ1n) is 6.83. The molecule has 1 aliphatic heterocycles. The Labute approximate surface area is 135 Å². The van der Waals surface area contributed by atoms with Gasteiger partial charge in [0.2, 0.25) is 5.91 Å². The summed E-state index contributed by atoms with van der Waals surface area (Å²) >= 11 is 1.06. The van der Waals surface area contributed by atoms with Crippen LogP contribution in [0.4, 0.5) is 0 Å². The van der Waals surface area contributed by atoms with Crippen molar-refractivity contribution in [2.45, 2.75) is 18.6 Å². The first-order chi connectivity index (χ1) is 11.0. The molecular weight excluding hydrogens is 318 g/mol. The summed E-state index contributed by atoms with van der Waals surface area (Å²) in [5.74, 6) is -0.805.